The zero-order valence-electron chi connectivity index (χ0n) is 12.7. The number of ether oxygens (including phenoxy) is 1. The molecule has 0 aromatic heterocycles. The van der Waals surface area contributed by atoms with Crippen molar-refractivity contribution in [1.29, 1.82) is 0 Å². The second-order valence-electron chi connectivity index (χ2n) is 5.56. The summed E-state index contributed by atoms with van der Waals surface area (Å²) in [5.74, 6) is -0.353. The molecule has 0 spiro atoms. The van der Waals surface area contributed by atoms with Crippen molar-refractivity contribution in [1.82, 2.24) is 10.2 Å². The zero-order valence-corrected chi connectivity index (χ0v) is 14.2. The Labute approximate surface area is 139 Å². The summed E-state index contributed by atoms with van der Waals surface area (Å²) in [5, 5.41) is 3.50. The van der Waals surface area contributed by atoms with Gasteiger partial charge in [-0.05, 0) is 32.9 Å². The first-order chi connectivity index (χ1) is 10.3. The van der Waals surface area contributed by atoms with Crippen LogP contribution in [0.1, 0.15) is 26.3 Å². The summed E-state index contributed by atoms with van der Waals surface area (Å²) >= 11 is 12.1. The number of carbonyl (C=O) groups excluding carboxylic acids is 2. The Balaban J connectivity index is 2.22. The number of nitrogens with zero attached hydrogens (tertiary/aromatic N) is 1. The molecule has 1 aromatic rings. The van der Waals surface area contributed by atoms with Crippen molar-refractivity contribution in [3.8, 4) is 0 Å². The van der Waals surface area contributed by atoms with Gasteiger partial charge in [-0.2, -0.15) is 0 Å². The molecule has 3 amide bonds. The molecule has 0 bridgehead atoms. The van der Waals surface area contributed by atoms with Crippen molar-refractivity contribution < 1.29 is 14.3 Å². The minimum absolute atomic E-state index is 0.0397. The maximum atomic E-state index is 12.6. The van der Waals surface area contributed by atoms with Crippen molar-refractivity contribution >= 4 is 35.1 Å². The summed E-state index contributed by atoms with van der Waals surface area (Å²) < 4.78 is 5.40. The van der Waals surface area contributed by atoms with Gasteiger partial charge in [0.25, 0.3) is 5.91 Å². The largest absolute Gasteiger partial charge is 0.377 e. The molecule has 0 unspecified atom stereocenters. The Bertz CT molecular complexity index is 606. The van der Waals surface area contributed by atoms with Crippen molar-refractivity contribution in [2.24, 2.45) is 0 Å². The predicted octanol–water partition coefficient (Wildman–Crippen LogP) is 3.19. The highest BCUT2D eigenvalue weighted by Crippen LogP contribution is 2.34. The van der Waals surface area contributed by atoms with E-state index in [1.807, 2.05) is 13.8 Å². The van der Waals surface area contributed by atoms with E-state index in [1.165, 1.54) is 0 Å². The maximum absolute atomic E-state index is 12.6. The van der Waals surface area contributed by atoms with Gasteiger partial charge in [0.1, 0.15) is 5.54 Å². The quantitative estimate of drug-likeness (QED) is 0.834. The van der Waals surface area contributed by atoms with E-state index in [-0.39, 0.29) is 18.6 Å². The molecular weight excluding hydrogens is 327 g/mol. The highest BCUT2D eigenvalue weighted by Gasteiger charge is 2.49. The van der Waals surface area contributed by atoms with E-state index >= 15 is 0 Å². The van der Waals surface area contributed by atoms with Crippen molar-refractivity contribution in [2.75, 3.05) is 13.2 Å². The Kier molecular flexibility index (Phi) is 5.00. The summed E-state index contributed by atoms with van der Waals surface area (Å²) in [4.78, 5) is 25.9. The fraction of sp³-hybridized carbons (Fsp3) is 0.467. The molecular formula is C15H18Cl2N2O3. The minimum atomic E-state index is -1.20. The number of carbonyl (C=O) groups is 2. The second-order valence-corrected chi connectivity index (χ2v) is 6.40. The zero-order chi connectivity index (χ0) is 16.5. The maximum Gasteiger partial charge on any atom is 0.325 e. The number of hydrogen-bond acceptors (Lipinski definition) is 3. The lowest BCUT2D eigenvalue weighted by atomic mass is 9.92. The van der Waals surface area contributed by atoms with Gasteiger partial charge >= 0.3 is 6.03 Å². The first-order valence-electron chi connectivity index (χ1n) is 6.97. The molecule has 7 heteroatoms. The smallest absolute Gasteiger partial charge is 0.325 e. The first-order valence-corrected chi connectivity index (χ1v) is 7.72. The lowest BCUT2D eigenvalue weighted by molar-refractivity contribution is -0.131. The van der Waals surface area contributed by atoms with Gasteiger partial charge in [0, 0.05) is 15.6 Å². The summed E-state index contributed by atoms with van der Waals surface area (Å²) in [7, 11) is 0. The number of halogens is 2. The average molecular weight is 345 g/mol. The summed E-state index contributed by atoms with van der Waals surface area (Å²) in [6.45, 7) is 5.91. The van der Waals surface area contributed by atoms with Crippen molar-refractivity contribution in [3.63, 3.8) is 0 Å². The van der Waals surface area contributed by atoms with E-state index in [0.29, 0.717) is 22.2 Å². The molecule has 1 fully saturated rings. The van der Waals surface area contributed by atoms with Crippen LogP contribution in [0.15, 0.2) is 18.2 Å². The number of amides is 3. The van der Waals surface area contributed by atoms with Crippen LogP contribution >= 0.6 is 23.2 Å². The van der Waals surface area contributed by atoms with Crippen LogP contribution in [0.25, 0.3) is 0 Å². The molecule has 0 aliphatic carbocycles. The van der Waals surface area contributed by atoms with Crippen molar-refractivity contribution in [3.05, 3.63) is 33.8 Å². The molecule has 1 heterocycles. The van der Waals surface area contributed by atoms with Gasteiger partial charge in [0.2, 0.25) is 0 Å². The van der Waals surface area contributed by atoms with Crippen LogP contribution in [0.5, 0.6) is 0 Å². The number of hydrogen-bond donors (Lipinski definition) is 1. The molecule has 1 aliphatic rings. The Morgan fingerprint density at radius 1 is 1.32 bits per heavy atom. The highest BCUT2D eigenvalue weighted by molar-refractivity contribution is 6.35. The summed E-state index contributed by atoms with van der Waals surface area (Å²) in [5.41, 5.74) is -0.680. The van der Waals surface area contributed by atoms with Crippen LogP contribution < -0.4 is 5.32 Å². The highest BCUT2D eigenvalue weighted by atomic mass is 35.5. The lowest BCUT2D eigenvalue weighted by Crippen LogP contribution is -2.41. The van der Waals surface area contributed by atoms with E-state index in [9.17, 15) is 9.59 Å². The van der Waals surface area contributed by atoms with Crippen LogP contribution in [0.3, 0.4) is 0 Å². The van der Waals surface area contributed by atoms with Crippen LogP contribution in [0.4, 0.5) is 4.79 Å². The van der Waals surface area contributed by atoms with E-state index in [1.54, 1.807) is 25.1 Å². The van der Waals surface area contributed by atoms with E-state index in [0.717, 1.165) is 4.90 Å². The van der Waals surface area contributed by atoms with E-state index < -0.39 is 11.6 Å². The second kappa shape index (κ2) is 6.44. The van der Waals surface area contributed by atoms with Gasteiger partial charge in [0.05, 0.1) is 19.3 Å². The first kappa shape index (κ1) is 17.1. The third-order valence-electron chi connectivity index (χ3n) is 3.51. The molecule has 1 atom stereocenters. The van der Waals surface area contributed by atoms with E-state index in [4.69, 9.17) is 27.9 Å². The molecule has 2 rings (SSSR count). The lowest BCUT2D eigenvalue weighted by Gasteiger charge is -2.23. The van der Waals surface area contributed by atoms with Gasteiger partial charge in [-0.3, -0.25) is 9.69 Å². The summed E-state index contributed by atoms with van der Waals surface area (Å²) in [6, 6.07) is 4.38. The molecule has 5 nitrogen and oxygen atoms in total. The van der Waals surface area contributed by atoms with Gasteiger partial charge < -0.3 is 10.1 Å². The SMILES string of the molecule is CC(C)OCCN1C(=O)N[C@@](C)(c2ccc(Cl)cc2Cl)C1=O. The fourth-order valence-electron chi connectivity index (χ4n) is 2.36. The van der Waals surface area contributed by atoms with Crippen LogP contribution in [-0.4, -0.2) is 36.1 Å². The average Bonchev–Trinajstić information content (AvgIpc) is 2.62. The van der Waals surface area contributed by atoms with Gasteiger partial charge in [-0.25, -0.2) is 4.79 Å². The molecule has 0 saturated carbocycles. The van der Waals surface area contributed by atoms with Crippen LogP contribution in [0, 0.1) is 0 Å². The Morgan fingerprint density at radius 2 is 2.00 bits per heavy atom. The monoisotopic (exact) mass is 344 g/mol. The third-order valence-corrected chi connectivity index (χ3v) is 4.06. The number of urea groups is 1. The number of imide groups is 1. The van der Waals surface area contributed by atoms with Gasteiger partial charge in [-0.1, -0.05) is 29.3 Å². The molecule has 1 saturated heterocycles. The molecule has 22 heavy (non-hydrogen) atoms. The predicted molar refractivity (Wildman–Crippen MR) is 85.1 cm³/mol. The van der Waals surface area contributed by atoms with E-state index in [2.05, 4.69) is 5.32 Å². The topological polar surface area (TPSA) is 58.6 Å². The normalized spacial score (nSPS) is 21.6. The molecule has 1 aromatic carbocycles. The van der Waals surface area contributed by atoms with Crippen LogP contribution in [0.2, 0.25) is 10.0 Å². The molecule has 0 radical (unpaired) electrons. The molecule has 1 N–H and O–H groups in total. The fourth-order valence-corrected chi connectivity index (χ4v) is 2.95. The Hall–Kier alpha value is -1.30. The third kappa shape index (κ3) is 3.21. The number of rotatable bonds is 5. The minimum Gasteiger partial charge on any atom is -0.377 e. The standard InChI is InChI=1S/C15H18Cl2N2O3/c1-9(2)22-7-6-19-13(20)15(3,18-14(19)21)11-5-4-10(16)8-12(11)17/h4-5,8-9H,6-7H2,1-3H3,(H,18,21)/t15-/m0/s1. The number of benzene rings is 1. The molecule has 1 aliphatic heterocycles. The van der Waals surface area contributed by atoms with Crippen molar-refractivity contribution in [2.45, 2.75) is 32.4 Å². The van der Waals surface area contributed by atoms with Gasteiger partial charge in [-0.15, -0.1) is 0 Å². The van der Waals surface area contributed by atoms with Crippen LogP contribution in [-0.2, 0) is 15.1 Å². The molecule has 120 valence electrons. The Morgan fingerprint density at radius 3 is 2.59 bits per heavy atom. The number of nitrogens with one attached hydrogen (secondary N) is 1. The summed E-state index contributed by atoms with van der Waals surface area (Å²) in [6.07, 6.45) is 0.0397. The van der Waals surface area contributed by atoms with Gasteiger partial charge in [0.15, 0.2) is 0 Å².